The molecule has 0 unspecified atom stereocenters. The van der Waals surface area contributed by atoms with Gasteiger partial charge in [-0.2, -0.15) is 4.98 Å². The van der Waals surface area contributed by atoms with Crippen molar-refractivity contribution in [3.8, 4) is 5.69 Å². The molecule has 1 aromatic carbocycles. The number of pyridine rings is 1. The molecule has 4 heterocycles. The van der Waals surface area contributed by atoms with E-state index >= 15 is 0 Å². The number of ether oxygens (including phenoxy) is 1. The highest BCUT2D eigenvalue weighted by Gasteiger charge is 2.29. The van der Waals surface area contributed by atoms with Gasteiger partial charge in [0, 0.05) is 26.2 Å². The number of hydrogen-bond acceptors (Lipinski definition) is 7. The Morgan fingerprint density at radius 2 is 1.93 bits per heavy atom. The van der Waals surface area contributed by atoms with E-state index < -0.39 is 0 Å². The first kappa shape index (κ1) is 19.0. The number of anilines is 3. The van der Waals surface area contributed by atoms with E-state index in [-0.39, 0.29) is 5.82 Å². The third-order valence-electron chi connectivity index (χ3n) is 5.63. The summed E-state index contributed by atoms with van der Waals surface area (Å²) in [5, 5.41) is 7.54. The predicted molar refractivity (Wildman–Crippen MR) is 112 cm³/mol. The van der Waals surface area contributed by atoms with Crippen molar-refractivity contribution < 1.29 is 9.13 Å². The molecule has 2 aliphatic rings. The molecule has 2 aromatic heterocycles. The number of halogens is 1. The summed E-state index contributed by atoms with van der Waals surface area (Å²) >= 11 is 0. The molecule has 8 nitrogen and oxygen atoms in total. The van der Waals surface area contributed by atoms with E-state index in [1.807, 2.05) is 6.07 Å². The first-order valence-corrected chi connectivity index (χ1v) is 10.1. The first-order chi connectivity index (χ1) is 14.7. The van der Waals surface area contributed by atoms with E-state index in [2.05, 4.69) is 38.2 Å². The number of rotatable bonds is 5. The number of aromatic nitrogens is 4. The van der Waals surface area contributed by atoms with Crippen molar-refractivity contribution >= 4 is 17.6 Å². The Hall–Kier alpha value is -3.04. The average Bonchev–Trinajstić information content (AvgIpc) is 3.17. The molecule has 0 saturated carbocycles. The van der Waals surface area contributed by atoms with Crippen molar-refractivity contribution in [1.82, 2.24) is 24.6 Å². The van der Waals surface area contributed by atoms with Crippen LogP contribution in [0.3, 0.4) is 0 Å². The van der Waals surface area contributed by atoms with E-state index in [0.717, 1.165) is 50.8 Å². The maximum absolute atomic E-state index is 13.5. The van der Waals surface area contributed by atoms with Crippen molar-refractivity contribution in [1.29, 1.82) is 0 Å². The number of benzene rings is 1. The Labute approximate surface area is 174 Å². The van der Waals surface area contributed by atoms with Crippen LogP contribution in [0.4, 0.5) is 22.0 Å². The standard InChI is InChI=1S/C21H24FN7O/c1-15-5-6-19(24-20(15)28-9-7-27(8-10-28)18-12-30-13-18)25-21-23-14-29(26-21)17-4-2-3-16(22)11-17/h2-6,11,14,18H,7-10,12-13H2,1H3,(H,24,25,26). The molecule has 30 heavy (non-hydrogen) atoms. The van der Waals surface area contributed by atoms with E-state index in [1.54, 1.807) is 18.5 Å². The minimum Gasteiger partial charge on any atom is -0.378 e. The van der Waals surface area contributed by atoms with Crippen LogP contribution in [-0.4, -0.2) is 70.1 Å². The second-order valence-corrected chi connectivity index (χ2v) is 7.67. The molecule has 0 amide bonds. The summed E-state index contributed by atoms with van der Waals surface area (Å²) < 4.78 is 20.3. The smallest absolute Gasteiger partial charge is 0.248 e. The van der Waals surface area contributed by atoms with Gasteiger partial charge in [0.1, 0.15) is 23.8 Å². The van der Waals surface area contributed by atoms with Gasteiger partial charge in [0.2, 0.25) is 5.95 Å². The van der Waals surface area contributed by atoms with Crippen LogP contribution in [0.5, 0.6) is 0 Å². The largest absolute Gasteiger partial charge is 0.378 e. The lowest BCUT2D eigenvalue weighted by molar-refractivity contribution is -0.0661. The van der Waals surface area contributed by atoms with Crippen LogP contribution in [0.1, 0.15) is 5.56 Å². The SMILES string of the molecule is Cc1ccc(Nc2ncn(-c3cccc(F)c3)n2)nc1N1CCN(C2COC2)CC1. The fourth-order valence-corrected chi connectivity index (χ4v) is 3.82. The topological polar surface area (TPSA) is 71.3 Å². The van der Waals surface area contributed by atoms with Gasteiger partial charge in [-0.1, -0.05) is 12.1 Å². The molecule has 2 fully saturated rings. The van der Waals surface area contributed by atoms with Crippen molar-refractivity contribution in [3.05, 3.63) is 54.1 Å². The van der Waals surface area contributed by atoms with E-state index in [1.165, 1.54) is 16.8 Å². The molecular weight excluding hydrogens is 385 g/mol. The zero-order valence-corrected chi connectivity index (χ0v) is 16.8. The van der Waals surface area contributed by atoms with Crippen LogP contribution < -0.4 is 10.2 Å². The van der Waals surface area contributed by atoms with Crippen LogP contribution in [0.25, 0.3) is 5.69 Å². The highest BCUT2D eigenvalue weighted by atomic mass is 19.1. The third kappa shape index (κ3) is 3.86. The minimum absolute atomic E-state index is 0.313. The minimum atomic E-state index is -0.313. The Kier molecular flexibility index (Phi) is 5.06. The molecule has 0 atom stereocenters. The second kappa shape index (κ2) is 8.00. The summed E-state index contributed by atoms with van der Waals surface area (Å²) in [6.07, 6.45) is 1.55. The van der Waals surface area contributed by atoms with Crippen LogP contribution >= 0.6 is 0 Å². The lowest BCUT2D eigenvalue weighted by Gasteiger charge is -2.43. The van der Waals surface area contributed by atoms with Gasteiger partial charge < -0.3 is 15.0 Å². The molecule has 3 aromatic rings. The van der Waals surface area contributed by atoms with Gasteiger partial charge in [0.25, 0.3) is 0 Å². The summed E-state index contributed by atoms with van der Waals surface area (Å²) in [4.78, 5) is 13.9. The van der Waals surface area contributed by atoms with E-state index in [4.69, 9.17) is 9.72 Å². The molecule has 1 N–H and O–H groups in total. The molecule has 0 aliphatic carbocycles. The fraction of sp³-hybridized carbons (Fsp3) is 0.381. The number of piperazine rings is 1. The van der Waals surface area contributed by atoms with Crippen LogP contribution in [0.15, 0.2) is 42.7 Å². The number of nitrogens with zero attached hydrogens (tertiary/aromatic N) is 6. The summed E-state index contributed by atoms with van der Waals surface area (Å²) in [7, 11) is 0. The lowest BCUT2D eigenvalue weighted by Crippen LogP contribution is -2.56. The molecule has 0 radical (unpaired) electrons. The highest BCUT2D eigenvalue weighted by molar-refractivity contribution is 5.56. The molecule has 9 heteroatoms. The van der Waals surface area contributed by atoms with Crippen LogP contribution in [0.2, 0.25) is 0 Å². The first-order valence-electron chi connectivity index (χ1n) is 10.1. The van der Waals surface area contributed by atoms with Gasteiger partial charge >= 0.3 is 0 Å². The summed E-state index contributed by atoms with van der Waals surface area (Å²) in [6.45, 7) is 7.71. The number of aryl methyl sites for hydroxylation is 1. The van der Waals surface area contributed by atoms with Crippen LogP contribution in [0, 0.1) is 12.7 Å². The Balaban J connectivity index is 1.28. The zero-order chi connectivity index (χ0) is 20.5. The quantitative estimate of drug-likeness (QED) is 0.694. The molecule has 5 rings (SSSR count). The molecule has 0 bridgehead atoms. The van der Waals surface area contributed by atoms with Crippen molar-refractivity contribution in [2.75, 3.05) is 49.6 Å². The van der Waals surface area contributed by atoms with Gasteiger partial charge in [-0.05, 0) is 36.8 Å². The molecule has 156 valence electrons. The van der Waals surface area contributed by atoms with Crippen molar-refractivity contribution in [3.63, 3.8) is 0 Å². The van der Waals surface area contributed by atoms with Gasteiger partial charge in [-0.3, -0.25) is 4.90 Å². The predicted octanol–water partition coefficient (Wildman–Crippen LogP) is 2.37. The molecule has 2 aliphatic heterocycles. The third-order valence-corrected chi connectivity index (χ3v) is 5.63. The van der Waals surface area contributed by atoms with Gasteiger partial charge in [0.05, 0.1) is 24.9 Å². The monoisotopic (exact) mass is 409 g/mol. The van der Waals surface area contributed by atoms with Gasteiger partial charge in [-0.25, -0.2) is 14.1 Å². The lowest BCUT2D eigenvalue weighted by atomic mass is 10.1. The fourth-order valence-electron chi connectivity index (χ4n) is 3.82. The van der Waals surface area contributed by atoms with Gasteiger partial charge in [-0.15, -0.1) is 5.10 Å². The number of nitrogens with one attached hydrogen (secondary N) is 1. The van der Waals surface area contributed by atoms with Gasteiger partial charge in [0.15, 0.2) is 0 Å². The molecule has 2 saturated heterocycles. The Morgan fingerprint density at radius 1 is 1.10 bits per heavy atom. The Morgan fingerprint density at radius 3 is 2.67 bits per heavy atom. The van der Waals surface area contributed by atoms with Crippen molar-refractivity contribution in [2.45, 2.75) is 13.0 Å². The van der Waals surface area contributed by atoms with Crippen LogP contribution in [-0.2, 0) is 4.74 Å². The van der Waals surface area contributed by atoms with Crippen molar-refractivity contribution in [2.24, 2.45) is 0 Å². The van der Waals surface area contributed by atoms with E-state index in [9.17, 15) is 4.39 Å². The Bertz CT molecular complexity index is 1030. The normalized spacial score (nSPS) is 17.7. The van der Waals surface area contributed by atoms with E-state index in [0.29, 0.717) is 23.5 Å². The summed E-state index contributed by atoms with van der Waals surface area (Å²) in [5.74, 6) is 1.76. The summed E-state index contributed by atoms with van der Waals surface area (Å²) in [6, 6.07) is 10.8. The molecule has 0 spiro atoms. The summed E-state index contributed by atoms with van der Waals surface area (Å²) in [5.41, 5.74) is 1.75. The number of hydrogen-bond donors (Lipinski definition) is 1. The highest BCUT2D eigenvalue weighted by Crippen LogP contribution is 2.24. The second-order valence-electron chi connectivity index (χ2n) is 7.67. The molecular formula is C21H24FN7O. The zero-order valence-electron chi connectivity index (χ0n) is 16.8. The maximum Gasteiger partial charge on any atom is 0.248 e. The maximum atomic E-state index is 13.5. The average molecular weight is 409 g/mol.